The van der Waals surface area contributed by atoms with Crippen molar-refractivity contribution in [2.24, 2.45) is 11.8 Å². The van der Waals surface area contributed by atoms with E-state index in [1.807, 2.05) is 0 Å². The Bertz CT molecular complexity index is 336. The summed E-state index contributed by atoms with van der Waals surface area (Å²) < 4.78 is 0. The second-order valence-electron chi connectivity index (χ2n) is 6.85. The molecule has 1 aromatic carbocycles. The first kappa shape index (κ1) is 16.2. The van der Waals surface area contributed by atoms with Crippen molar-refractivity contribution in [3.05, 3.63) is 35.9 Å². The van der Waals surface area contributed by atoms with E-state index in [2.05, 4.69) is 70.3 Å². The van der Waals surface area contributed by atoms with Crippen molar-refractivity contribution in [1.29, 1.82) is 0 Å². The Morgan fingerprint density at radius 2 is 1.74 bits per heavy atom. The summed E-state index contributed by atoms with van der Waals surface area (Å²) in [6.45, 7) is 12.5. The lowest BCUT2D eigenvalue weighted by Crippen LogP contribution is -2.41. The molecule has 2 atom stereocenters. The van der Waals surface area contributed by atoms with Gasteiger partial charge in [-0.2, -0.15) is 0 Å². The summed E-state index contributed by atoms with van der Waals surface area (Å²) in [6, 6.07) is 10.9. The molecule has 19 heavy (non-hydrogen) atoms. The quantitative estimate of drug-likeness (QED) is 0.752. The third-order valence-electron chi connectivity index (χ3n) is 3.78. The lowest BCUT2D eigenvalue weighted by molar-refractivity contribution is 0.285. The Kier molecular flexibility index (Phi) is 6.57. The predicted octanol–water partition coefficient (Wildman–Crippen LogP) is 4.67. The van der Waals surface area contributed by atoms with Crippen LogP contribution in [0.4, 0.5) is 0 Å². The molecule has 2 unspecified atom stereocenters. The molecule has 0 heterocycles. The average Bonchev–Trinajstić information content (AvgIpc) is 2.35. The lowest BCUT2D eigenvalue weighted by Gasteiger charge is -2.29. The zero-order chi connectivity index (χ0) is 14.3. The Hall–Kier alpha value is -0.820. The van der Waals surface area contributed by atoms with Crippen molar-refractivity contribution in [1.82, 2.24) is 5.32 Å². The standard InChI is InChI=1S/C18H31N/c1-6-10-15(2)17(14-19-18(3,4)5)13-16-11-8-7-9-12-16/h7-9,11-12,15,17,19H,6,10,13-14H2,1-5H3. The van der Waals surface area contributed by atoms with Crippen molar-refractivity contribution < 1.29 is 0 Å². The third-order valence-corrected chi connectivity index (χ3v) is 3.78. The Balaban J connectivity index is 2.63. The third kappa shape index (κ3) is 6.77. The SMILES string of the molecule is CCCC(C)C(CNC(C)(C)C)Cc1ccccc1. The fourth-order valence-corrected chi connectivity index (χ4v) is 2.52. The lowest BCUT2D eigenvalue weighted by atomic mass is 9.84. The molecule has 0 saturated heterocycles. The van der Waals surface area contributed by atoms with E-state index in [4.69, 9.17) is 0 Å². The van der Waals surface area contributed by atoms with Crippen LogP contribution in [0.2, 0.25) is 0 Å². The normalized spacial score (nSPS) is 15.2. The summed E-state index contributed by atoms with van der Waals surface area (Å²) in [5.41, 5.74) is 1.67. The van der Waals surface area contributed by atoms with Crippen molar-refractivity contribution in [3.8, 4) is 0 Å². The molecule has 1 nitrogen and oxygen atoms in total. The number of rotatable bonds is 7. The molecule has 0 aromatic heterocycles. The molecule has 1 N–H and O–H groups in total. The molecule has 108 valence electrons. The molecule has 0 saturated carbocycles. The molecule has 0 bridgehead atoms. The summed E-state index contributed by atoms with van der Waals surface area (Å²) in [5.74, 6) is 1.50. The molecule has 0 fully saturated rings. The van der Waals surface area contributed by atoms with Gasteiger partial charge >= 0.3 is 0 Å². The fraction of sp³-hybridized carbons (Fsp3) is 0.667. The first-order valence-electron chi connectivity index (χ1n) is 7.71. The molecule has 1 heteroatoms. The number of hydrogen-bond acceptors (Lipinski definition) is 1. The predicted molar refractivity (Wildman–Crippen MR) is 85.5 cm³/mol. The first-order valence-corrected chi connectivity index (χ1v) is 7.71. The van der Waals surface area contributed by atoms with Gasteiger partial charge in [0.05, 0.1) is 0 Å². The van der Waals surface area contributed by atoms with Crippen molar-refractivity contribution in [2.75, 3.05) is 6.54 Å². The maximum atomic E-state index is 3.68. The first-order chi connectivity index (χ1) is 8.92. The van der Waals surface area contributed by atoms with Gasteiger partial charge in [0.15, 0.2) is 0 Å². The van der Waals surface area contributed by atoms with Crippen molar-refractivity contribution in [2.45, 2.75) is 59.4 Å². The van der Waals surface area contributed by atoms with E-state index in [1.54, 1.807) is 0 Å². The summed E-state index contributed by atoms with van der Waals surface area (Å²) >= 11 is 0. The highest BCUT2D eigenvalue weighted by Gasteiger charge is 2.19. The van der Waals surface area contributed by atoms with Gasteiger partial charge in [0.1, 0.15) is 0 Å². The zero-order valence-electron chi connectivity index (χ0n) is 13.4. The van der Waals surface area contributed by atoms with Crippen LogP contribution < -0.4 is 5.32 Å². The Labute approximate surface area is 119 Å². The molecular weight excluding hydrogens is 230 g/mol. The molecule has 1 aromatic rings. The van der Waals surface area contributed by atoms with Crippen LogP contribution >= 0.6 is 0 Å². The highest BCUT2D eigenvalue weighted by atomic mass is 14.9. The summed E-state index contributed by atoms with van der Waals surface area (Å²) in [4.78, 5) is 0. The molecule has 0 aliphatic heterocycles. The maximum absolute atomic E-state index is 3.68. The van der Waals surface area contributed by atoms with Gasteiger partial charge in [-0.15, -0.1) is 0 Å². The van der Waals surface area contributed by atoms with E-state index in [0.29, 0.717) is 0 Å². The van der Waals surface area contributed by atoms with Gasteiger partial charge in [0.25, 0.3) is 0 Å². The zero-order valence-corrected chi connectivity index (χ0v) is 13.4. The van der Waals surface area contributed by atoms with Crippen molar-refractivity contribution in [3.63, 3.8) is 0 Å². The van der Waals surface area contributed by atoms with Gasteiger partial charge in [0.2, 0.25) is 0 Å². The molecule has 0 spiro atoms. The molecule has 0 amide bonds. The Morgan fingerprint density at radius 3 is 2.26 bits per heavy atom. The van der Waals surface area contributed by atoms with Gasteiger partial charge in [-0.05, 0) is 51.1 Å². The van der Waals surface area contributed by atoms with E-state index in [-0.39, 0.29) is 5.54 Å². The van der Waals surface area contributed by atoms with E-state index in [1.165, 1.54) is 24.8 Å². The van der Waals surface area contributed by atoms with Crippen LogP contribution in [0.5, 0.6) is 0 Å². The average molecular weight is 261 g/mol. The molecule has 0 aliphatic carbocycles. The van der Waals surface area contributed by atoms with Crippen LogP contribution in [0, 0.1) is 11.8 Å². The second kappa shape index (κ2) is 7.69. The highest BCUT2D eigenvalue weighted by molar-refractivity contribution is 5.15. The van der Waals surface area contributed by atoms with Crippen LogP contribution in [0.1, 0.15) is 53.0 Å². The van der Waals surface area contributed by atoms with E-state index in [9.17, 15) is 0 Å². The van der Waals surface area contributed by atoms with Gasteiger partial charge in [-0.3, -0.25) is 0 Å². The Morgan fingerprint density at radius 1 is 1.11 bits per heavy atom. The molecule has 1 rings (SSSR count). The van der Waals surface area contributed by atoms with E-state index in [0.717, 1.165) is 18.4 Å². The fourth-order valence-electron chi connectivity index (χ4n) is 2.52. The second-order valence-corrected chi connectivity index (χ2v) is 6.85. The van der Waals surface area contributed by atoms with Gasteiger partial charge in [0, 0.05) is 5.54 Å². The highest BCUT2D eigenvalue weighted by Crippen LogP contribution is 2.22. The summed E-state index contributed by atoms with van der Waals surface area (Å²) in [6.07, 6.45) is 3.79. The summed E-state index contributed by atoms with van der Waals surface area (Å²) in [5, 5.41) is 3.68. The minimum atomic E-state index is 0.209. The topological polar surface area (TPSA) is 12.0 Å². The van der Waals surface area contributed by atoms with Crippen LogP contribution in [-0.2, 0) is 6.42 Å². The molecular formula is C18H31N. The number of benzene rings is 1. The van der Waals surface area contributed by atoms with Gasteiger partial charge in [-0.1, -0.05) is 57.0 Å². The van der Waals surface area contributed by atoms with Crippen LogP contribution in [-0.4, -0.2) is 12.1 Å². The van der Waals surface area contributed by atoms with E-state index < -0.39 is 0 Å². The maximum Gasteiger partial charge on any atom is 0.00966 e. The minimum Gasteiger partial charge on any atom is -0.312 e. The monoisotopic (exact) mass is 261 g/mol. The van der Waals surface area contributed by atoms with Crippen molar-refractivity contribution >= 4 is 0 Å². The van der Waals surface area contributed by atoms with Gasteiger partial charge < -0.3 is 5.32 Å². The minimum absolute atomic E-state index is 0.209. The van der Waals surface area contributed by atoms with Crippen LogP contribution in [0.25, 0.3) is 0 Å². The van der Waals surface area contributed by atoms with Crippen LogP contribution in [0.3, 0.4) is 0 Å². The smallest absolute Gasteiger partial charge is 0.00966 e. The largest absolute Gasteiger partial charge is 0.312 e. The molecule has 0 aliphatic rings. The van der Waals surface area contributed by atoms with E-state index >= 15 is 0 Å². The number of hydrogen-bond donors (Lipinski definition) is 1. The summed E-state index contributed by atoms with van der Waals surface area (Å²) in [7, 11) is 0. The van der Waals surface area contributed by atoms with Crippen LogP contribution in [0.15, 0.2) is 30.3 Å². The van der Waals surface area contributed by atoms with Gasteiger partial charge in [-0.25, -0.2) is 0 Å². The molecule has 0 radical (unpaired) electrons. The number of nitrogens with one attached hydrogen (secondary N) is 1.